The van der Waals surface area contributed by atoms with Crippen LogP contribution in [0.3, 0.4) is 0 Å². The maximum atomic E-state index is 13.3. The summed E-state index contributed by atoms with van der Waals surface area (Å²) in [5.74, 6) is 0.942. The van der Waals surface area contributed by atoms with Gasteiger partial charge in [-0.3, -0.25) is 4.79 Å². The predicted octanol–water partition coefficient (Wildman–Crippen LogP) is 3.63. The zero-order valence-electron chi connectivity index (χ0n) is 18.0. The van der Waals surface area contributed by atoms with Crippen molar-refractivity contribution >= 4 is 15.9 Å². The standard InChI is InChI=1S/C23H30N2O4S/c1-17-12-18(2)15-25(14-17)23(26)20-10-11-21(29-4)22(13-20)30(27,28)24(3)16-19-8-6-5-7-9-19/h5-11,13,17-18H,12,14-16H2,1-4H3. The van der Waals surface area contributed by atoms with Crippen molar-refractivity contribution in [2.24, 2.45) is 11.8 Å². The van der Waals surface area contributed by atoms with Crippen molar-refractivity contribution in [3.8, 4) is 5.75 Å². The average molecular weight is 431 g/mol. The number of hydrogen-bond donors (Lipinski definition) is 0. The second kappa shape index (κ2) is 9.18. The normalized spacial score (nSPS) is 19.7. The molecule has 1 saturated heterocycles. The summed E-state index contributed by atoms with van der Waals surface area (Å²) in [4.78, 5) is 14.9. The SMILES string of the molecule is COc1ccc(C(=O)N2CC(C)CC(C)C2)cc1S(=O)(=O)N(C)Cc1ccccc1. The molecule has 2 unspecified atom stereocenters. The van der Waals surface area contributed by atoms with Gasteiger partial charge in [0, 0.05) is 32.2 Å². The minimum atomic E-state index is -3.85. The number of rotatable bonds is 6. The van der Waals surface area contributed by atoms with E-state index in [4.69, 9.17) is 4.74 Å². The van der Waals surface area contributed by atoms with Crippen LogP contribution in [-0.4, -0.2) is 50.8 Å². The van der Waals surface area contributed by atoms with Crippen LogP contribution in [0.1, 0.15) is 36.2 Å². The number of nitrogens with zero attached hydrogens (tertiary/aromatic N) is 2. The number of ether oxygens (including phenoxy) is 1. The van der Waals surface area contributed by atoms with Crippen molar-refractivity contribution in [3.05, 3.63) is 59.7 Å². The molecule has 162 valence electrons. The van der Waals surface area contributed by atoms with Crippen molar-refractivity contribution < 1.29 is 17.9 Å². The number of carbonyl (C=O) groups is 1. The highest BCUT2D eigenvalue weighted by Crippen LogP contribution is 2.30. The van der Waals surface area contributed by atoms with Gasteiger partial charge in [0.2, 0.25) is 10.0 Å². The van der Waals surface area contributed by atoms with Gasteiger partial charge >= 0.3 is 0 Å². The summed E-state index contributed by atoms with van der Waals surface area (Å²) in [7, 11) is -0.887. The highest BCUT2D eigenvalue weighted by Gasteiger charge is 2.29. The lowest BCUT2D eigenvalue weighted by atomic mass is 9.91. The van der Waals surface area contributed by atoms with E-state index in [1.54, 1.807) is 12.1 Å². The van der Waals surface area contributed by atoms with E-state index in [1.807, 2.05) is 35.2 Å². The summed E-state index contributed by atoms with van der Waals surface area (Å²) in [6.45, 7) is 5.87. The van der Waals surface area contributed by atoms with Gasteiger partial charge in [-0.15, -0.1) is 0 Å². The molecule has 0 saturated carbocycles. The third kappa shape index (κ3) is 4.84. The molecule has 1 fully saturated rings. The number of amides is 1. The van der Waals surface area contributed by atoms with Crippen LogP contribution in [-0.2, 0) is 16.6 Å². The lowest BCUT2D eigenvalue weighted by molar-refractivity contribution is 0.0623. The lowest BCUT2D eigenvalue weighted by Crippen LogP contribution is -2.42. The van der Waals surface area contributed by atoms with E-state index in [9.17, 15) is 13.2 Å². The second-order valence-corrected chi connectivity index (χ2v) is 10.3. The van der Waals surface area contributed by atoms with Gasteiger partial charge in [0.15, 0.2) is 0 Å². The highest BCUT2D eigenvalue weighted by atomic mass is 32.2. The van der Waals surface area contributed by atoms with Crippen LogP contribution in [0.2, 0.25) is 0 Å². The molecule has 2 aromatic rings. The van der Waals surface area contributed by atoms with Gasteiger partial charge in [-0.1, -0.05) is 44.2 Å². The van der Waals surface area contributed by atoms with Gasteiger partial charge in [-0.05, 0) is 42.0 Å². The van der Waals surface area contributed by atoms with E-state index < -0.39 is 10.0 Å². The third-order valence-corrected chi connectivity index (χ3v) is 7.33. The van der Waals surface area contributed by atoms with Crippen LogP contribution in [0.5, 0.6) is 5.75 Å². The number of piperidine rings is 1. The second-order valence-electron chi connectivity index (χ2n) is 8.27. The fraction of sp³-hybridized carbons (Fsp3) is 0.435. The van der Waals surface area contributed by atoms with Gasteiger partial charge in [-0.2, -0.15) is 4.31 Å². The smallest absolute Gasteiger partial charge is 0.253 e. The predicted molar refractivity (Wildman–Crippen MR) is 117 cm³/mol. The Hall–Kier alpha value is -2.38. The maximum Gasteiger partial charge on any atom is 0.253 e. The first kappa shape index (κ1) is 22.3. The fourth-order valence-corrected chi connectivity index (χ4v) is 5.45. The van der Waals surface area contributed by atoms with Crippen LogP contribution in [0, 0.1) is 11.8 Å². The summed E-state index contributed by atoms with van der Waals surface area (Å²) in [6, 6.07) is 14.0. The summed E-state index contributed by atoms with van der Waals surface area (Å²) in [5, 5.41) is 0. The van der Waals surface area contributed by atoms with Crippen molar-refractivity contribution in [2.75, 3.05) is 27.2 Å². The van der Waals surface area contributed by atoms with E-state index in [0.29, 0.717) is 30.5 Å². The molecule has 2 atom stereocenters. The largest absolute Gasteiger partial charge is 0.495 e. The van der Waals surface area contributed by atoms with Gasteiger partial charge in [0.1, 0.15) is 10.6 Å². The van der Waals surface area contributed by atoms with Gasteiger partial charge in [0.25, 0.3) is 5.91 Å². The van der Waals surface area contributed by atoms with Crippen molar-refractivity contribution in [1.82, 2.24) is 9.21 Å². The molecular weight excluding hydrogens is 400 g/mol. The third-order valence-electron chi connectivity index (χ3n) is 5.50. The Labute approximate surface area is 179 Å². The molecule has 0 spiro atoms. The van der Waals surface area contributed by atoms with Crippen LogP contribution in [0.4, 0.5) is 0 Å². The van der Waals surface area contributed by atoms with Gasteiger partial charge in [-0.25, -0.2) is 8.42 Å². The molecule has 0 bridgehead atoms. The first-order valence-corrected chi connectivity index (χ1v) is 11.6. The highest BCUT2D eigenvalue weighted by molar-refractivity contribution is 7.89. The Kier molecular flexibility index (Phi) is 6.83. The molecular formula is C23H30N2O4S. The fourth-order valence-electron chi connectivity index (χ4n) is 4.12. The van der Waals surface area contributed by atoms with Crippen LogP contribution in [0.15, 0.2) is 53.4 Å². The zero-order chi connectivity index (χ0) is 21.9. The molecule has 30 heavy (non-hydrogen) atoms. The van der Waals surface area contributed by atoms with Crippen LogP contribution in [0.25, 0.3) is 0 Å². The zero-order valence-corrected chi connectivity index (χ0v) is 18.9. The Bertz CT molecular complexity index is 982. The summed E-state index contributed by atoms with van der Waals surface area (Å²) in [5.41, 5.74) is 1.25. The molecule has 6 nitrogen and oxygen atoms in total. The summed E-state index contributed by atoms with van der Waals surface area (Å²) >= 11 is 0. The van der Waals surface area contributed by atoms with E-state index in [1.165, 1.54) is 24.5 Å². The van der Waals surface area contributed by atoms with Gasteiger partial charge in [0.05, 0.1) is 7.11 Å². The number of methoxy groups -OCH3 is 1. The molecule has 0 aliphatic carbocycles. The first-order chi connectivity index (χ1) is 14.2. The molecule has 1 heterocycles. The molecule has 0 N–H and O–H groups in total. The van der Waals surface area contributed by atoms with Crippen LogP contribution >= 0.6 is 0 Å². The summed E-state index contributed by atoms with van der Waals surface area (Å²) in [6.07, 6.45) is 1.09. The first-order valence-electron chi connectivity index (χ1n) is 10.2. The number of benzene rings is 2. The Morgan fingerprint density at radius 2 is 1.73 bits per heavy atom. The van der Waals surface area contributed by atoms with E-state index in [-0.39, 0.29) is 23.1 Å². The number of carbonyl (C=O) groups excluding carboxylic acids is 1. The molecule has 0 aromatic heterocycles. The van der Waals surface area contributed by atoms with E-state index >= 15 is 0 Å². The minimum absolute atomic E-state index is 0.00684. The summed E-state index contributed by atoms with van der Waals surface area (Å²) < 4.78 is 33.2. The number of likely N-dealkylation sites (tertiary alicyclic amines) is 1. The van der Waals surface area contributed by atoms with Crippen molar-refractivity contribution in [2.45, 2.75) is 31.7 Å². The number of hydrogen-bond acceptors (Lipinski definition) is 4. The molecule has 3 rings (SSSR count). The topological polar surface area (TPSA) is 66.9 Å². The molecule has 2 aromatic carbocycles. The Morgan fingerprint density at radius 3 is 2.33 bits per heavy atom. The van der Waals surface area contributed by atoms with E-state index in [0.717, 1.165) is 12.0 Å². The van der Waals surface area contributed by atoms with Gasteiger partial charge < -0.3 is 9.64 Å². The van der Waals surface area contributed by atoms with E-state index in [2.05, 4.69) is 13.8 Å². The Balaban J connectivity index is 1.91. The van der Waals surface area contributed by atoms with Crippen molar-refractivity contribution in [1.29, 1.82) is 0 Å². The molecule has 1 aliphatic heterocycles. The number of sulfonamides is 1. The lowest BCUT2D eigenvalue weighted by Gasteiger charge is -2.35. The Morgan fingerprint density at radius 1 is 1.10 bits per heavy atom. The molecule has 7 heteroatoms. The molecule has 1 amide bonds. The average Bonchev–Trinajstić information content (AvgIpc) is 2.72. The minimum Gasteiger partial charge on any atom is -0.495 e. The molecule has 0 radical (unpaired) electrons. The van der Waals surface area contributed by atoms with Crippen LogP contribution < -0.4 is 4.74 Å². The van der Waals surface area contributed by atoms with Crippen molar-refractivity contribution in [3.63, 3.8) is 0 Å². The quantitative estimate of drug-likeness (QED) is 0.702. The maximum absolute atomic E-state index is 13.3. The monoisotopic (exact) mass is 430 g/mol. The molecule has 1 aliphatic rings.